The summed E-state index contributed by atoms with van der Waals surface area (Å²) in [6, 6.07) is 7.69. The maximum Gasteiger partial charge on any atom is 0.270 e. The average Bonchev–Trinajstić information content (AvgIpc) is 2.45. The van der Waals surface area contributed by atoms with E-state index in [1.165, 1.54) is 0 Å². The van der Waals surface area contributed by atoms with Crippen molar-refractivity contribution in [3.63, 3.8) is 0 Å². The molecule has 0 atom stereocenters. The lowest BCUT2D eigenvalue weighted by Gasteiger charge is -2.21. The number of rotatable bonds is 5. The number of para-hydroxylation sites is 1. The van der Waals surface area contributed by atoms with Crippen LogP contribution < -0.4 is 5.43 Å². The van der Waals surface area contributed by atoms with Gasteiger partial charge in [0.15, 0.2) is 5.43 Å². The lowest BCUT2D eigenvalue weighted by Crippen LogP contribution is -2.38. The molecule has 0 spiro atoms. The molecular formula is C14H14F2N2O3. The fourth-order valence-electron chi connectivity index (χ4n) is 2.05. The van der Waals surface area contributed by atoms with Gasteiger partial charge in [-0.05, 0) is 12.1 Å². The van der Waals surface area contributed by atoms with Crippen LogP contribution in [-0.4, -0.2) is 47.0 Å². The van der Waals surface area contributed by atoms with Gasteiger partial charge in [0.25, 0.3) is 12.3 Å². The fourth-order valence-corrected chi connectivity index (χ4v) is 2.05. The molecule has 2 N–H and O–H groups in total. The van der Waals surface area contributed by atoms with Crippen molar-refractivity contribution in [1.82, 2.24) is 9.88 Å². The molecule has 1 heterocycles. The van der Waals surface area contributed by atoms with E-state index in [1.807, 2.05) is 0 Å². The molecule has 0 unspecified atom stereocenters. The third-order valence-corrected chi connectivity index (χ3v) is 2.98. The number of aromatic amines is 1. The van der Waals surface area contributed by atoms with Crippen LogP contribution in [0, 0.1) is 0 Å². The van der Waals surface area contributed by atoms with Crippen molar-refractivity contribution in [1.29, 1.82) is 0 Å². The smallest absolute Gasteiger partial charge is 0.270 e. The Hall–Kier alpha value is -2.28. The molecule has 1 amide bonds. The minimum atomic E-state index is -2.72. The van der Waals surface area contributed by atoms with Gasteiger partial charge in [-0.1, -0.05) is 12.1 Å². The normalized spacial score (nSPS) is 11.0. The topological polar surface area (TPSA) is 73.4 Å². The van der Waals surface area contributed by atoms with Gasteiger partial charge in [0, 0.05) is 23.5 Å². The largest absolute Gasteiger partial charge is 0.395 e. The summed E-state index contributed by atoms with van der Waals surface area (Å²) < 4.78 is 24.9. The predicted molar refractivity (Wildman–Crippen MR) is 73.6 cm³/mol. The first kappa shape index (κ1) is 15.1. The molecule has 0 aliphatic rings. The molecule has 21 heavy (non-hydrogen) atoms. The van der Waals surface area contributed by atoms with Crippen LogP contribution in [0.2, 0.25) is 0 Å². The van der Waals surface area contributed by atoms with Crippen molar-refractivity contribution in [2.24, 2.45) is 0 Å². The summed E-state index contributed by atoms with van der Waals surface area (Å²) in [6.07, 6.45) is -2.72. The minimum absolute atomic E-state index is 0.0761. The molecule has 0 fully saturated rings. The molecule has 0 aliphatic heterocycles. The molecule has 0 saturated heterocycles. The quantitative estimate of drug-likeness (QED) is 0.871. The molecule has 0 saturated carbocycles. The molecule has 1 aromatic heterocycles. The summed E-state index contributed by atoms with van der Waals surface area (Å²) in [5, 5.41) is 9.27. The molecule has 1 aromatic carbocycles. The van der Waals surface area contributed by atoms with Gasteiger partial charge in [-0.3, -0.25) is 9.59 Å². The van der Waals surface area contributed by atoms with E-state index in [1.54, 1.807) is 24.3 Å². The van der Waals surface area contributed by atoms with Gasteiger partial charge in [-0.2, -0.15) is 0 Å². The van der Waals surface area contributed by atoms with E-state index in [0.29, 0.717) is 10.9 Å². The summed E-state index contributed by atoms with van der Waals surface area (Å²) in [5.74, 6) is -0.743. The molecular weight excluding hydrogens is 282 g/mol. The van der Waals surface area contributed by atoms with Crippen LogP contribution in [-0.2, 0) is 0 Å². The third kappa shape index (κ3) is 3.43. The number of aromatic nitrogens is 1. The first-order chi connectivity index (χ1) is 10.0. The molecule has 112 valence electrons. The Balaban J connectivity index is 2.39. The number of carbonyl (C=O) groups is 1. The van der Waals surface area contributed by atoms with Gasteiger partial charge >= 0.3 is 0 Å². The zero-order valence-electron chi connectivity index (χ0n) is 11.1. The summed E-state index contributed by atoms with van der Waals surface area (Å²) >= 11 is 0. The van der Waals surface area contributed by atoms with Gasteiger partial charge in [0.05, 0.1) is 13.2 Å². The highest BCUT2D eigenvalue weighted by atomic mass is 19.3. The number of aliphatic hydroxyl groups is 1. The number of amides is 1. The number of carbonyl (C=O) groups excluding carboxylic acids is 1. The number of halogens is 2. The molecule has 5 nitrogen and oxygen atoms in total. The molecule has 0 radical (unpaired) electrons. The van der Waals surface area contributed by atoms with Crippen LogP contribution in [0.25, 0.3) is 10.9 Å². The summed E-state index contributed by atoms with van der Waals surface area (Å²) in [4.78, 5) is 27.7. The van der Waals surface area contributed by atoms with Gasteiger partial charge in [0.1, 0.15) is 5.69 Å². The van der Waals surface area contributed by atoms with Crippen LogP contribution in [0.5, 0.6) is 0 Å². The highest BCUT2D eigenvalue weighted by molar-refractivity contribution is 5.94. The maximum atomic E-state index is 12.5. The number of aliphatic hydroxyl groups excluding tert-OH is 1. The fraction of sp³-hybridized carbons (Fsp3) is 0.286. The van der Waals surface area contributed by atoms with E-state index in [0.717, 1.165) is 11.0 Å². The summed E-state index contributed by atoms with van der Waals surface area (Å²) in [5.41, 5.74) is 0.0100. The van der Waals surface area contributed by atoms with E-state index < -0.39 is 25.5 Å². The highest BCUT2D eigenvalue weighted by Gasteiger charge is 2.20. The zero-order valence-corrected chi connectivity index (χ0v) is 11.1. The predicted octanol–water partition coefficient (Wildman–Crippen LogP) is 1.23. The number of alkyl halides is 2. The second-order valence-electron chi connectivity index (χ2n) is 4.46. The minimum Gasteiger partial charge on any atom is -0.395 e. The Bertz CT molecular complexity index is 700. The van der Waals surface area contributed by atoms with Crippen LogP contribution in [0.15, 0.2) is 35.1 Å². The maximum absolute atomic E-state index is 12.5. The van der Waals surface area contributed by atoms with E-state index >= 15 is 0 Å². The van der Waals surface area contributed by atoms with Crippen LogP contribution in [0.3, 0.4) is 0 Å². The lowest BCUT2D eigenvalue weighted by atomic mass is 10.2. The third-order valence-electron chi connectivity index (χ3n) is 2.98. The average molecular weight is 296 g/mol. The van der Waals surface area contributed by atoms with Gasteiger partial charge in [0.2, 0.25) is 0 Å². The Morgan fingerprint density at radius 3 is 2.71 bits per heavy atom. The number of nitrogens with zero attached hydrogens (tertiary/aromatic N) is 1. The first-order valence-corrected chi connectivity index (χ1v) is 6.33. The van der Waals surface area contributed by atoms with Crippen LogP contribution >= 0.6 is 0 Å². The highest BCUT2D eigenvalue weighted by Crippen LogP contribution is 2.10. The van der Waals surface area contributed by atoms with E-state index in [4.69, 9.17) is 5.11 Å². The van der Waals surface area contributed by atoms with E-state index in [-0.39, 0.29) is 17.7 Å². The van der Waals surface area contributed by atoms with Gasteiger partial charge < -0.3 is 15.0 Å². The standard InChI is InChI=1S/C14H14F2N2O3/c15-13(16)8-18(5-6-19)14(21)11-7-12(20)9-3-1-2-4-10(9)17-11/h1-4,7,13,19H,5-6,8H2,(H,17,20). The Kier molecular flexibility index (Phi) is 4.64. The number of fused-ring (bicyclic) bond motifs is 1. The first-order valence-electron chi connectivity index (χ1n) is 6.33. The number of nitrogens with one attached hydrogen (secondary N) is 1. The van der Waals surface area contributed by atoms with Gasteiger partial charge in [-0.25, -0.2) is 8.78 Å². The Morgan fingerprint density at radius 1 is 1.33 bits per heavy atom. The second-order valence-corrected chi connectivity index (χ2v) is 4.46. The second kappa shape index (κ2) is 6.45. The zero-order chi connectivity index (χ0) is 15.4. The van der Waals surface area contributed by atoms with Crippen molar-refractivity contribution in [2.45, 2.75) is 6.43 Å². The van der Waals surface area contributed by atoms with Crippen molar-refractivity contribution < 1.29 is 18.7 Å². The molecule has 2 aromatic rings. The lowest BCUT2D eigenvalue weighted by molar-refractivity contribution is 0.0504. The number of hydrogen-bond donors (Lipinski definition) is 2. The van der Waals surface area contributed by atoms with E-state index in [2.05, 4.69) is 4.98 Å². The number of benzene rings is 1. The molecule has 0 bridgehead atoms. The van der Waals surface area contributed by atoms with Gasteiger partial charge in [-0.15, -0.1) is 0 Å². The van der Waals surface area contributed by atoms with E-state index in [9.17, 15) is 18.4 Å². The molecule has 0 aliphatic carbocycles. The summed E-state index contributed by atoms with van der Waals surface area (Å²) in [7, 11) is 0. The Morgan fingerprint density at radius 2 is 2.05 bits per heavy atom. The number of hydrogen-bond acceptors (Lipinski definition) is 3. The monoisotopic (exact) mass is 296 g/mol. The Labute approximate surface area is 118 Å². The summed E-state index contributed by atoms with van der Waals surface area (Å²) in [6.45, 7) is -1.46. The number of H-pyrrole nitrogens is 1. The molecule has 2 rings (SSSR count). The SMILES string of the molecule is O=C(c1cc(=O)c2ccccc2[nH]1)N(CCO)CC(F)F. The molecule has 7 heteroatoms. The van der Waals surface area contributed by atoms with Crippen molar-refractivity contribution >= 4 is 16.8 Å². The number of pyridine rings is 1. The van der Waals surface area contributed by atoms with Crippen LogP contribution in [0.4, 0.5) is 8.78 Å². The van der Waals surface area contributed by atoms with Crippen molar-refractivity contribution in [3.8, 4) is 0 Å². The van der Waals surface area contributed by atoms with Crippen LogP contribution in [0.1, 0.15) is 10.5 Å². The van der Waals surface area contributed by atoms with Crippen molar-refractivity contribution in [3.05, 3.63) is 46.2 Å². The van der Waals surface area contributed by atoms with Crippen molar-refractivity contribution in [2.75, 3.05) is 19.7 Å².